The first-order valence-electron chi connectivity index (χ1n) is 7.96. The Bertz CT molecular complexity index is 291. The van der Waals surface area contributed by atoms with Crippen LogP contribution in [-0.4, -0.2) is 17.5 Å². The molecule has 3 heteroatoms. The van der Waals surface area contributed by atoms with Crippen molar-refractivity contribution in [2.24, 2.45) is 23.5 Å². The van der Waals surface area contributed by atoms with Crippen molar-refractivity contribution in [3.63, 3.8) is 0 Å². The third-order valence-corrected chi connectivity index (χ3v) is 5.44. The fourth-order valence-electron chi connectivity index (χ4n) is 3.42. The smallest absolute Gasteiger partial charge is 0.223 e. The molecule has 0 aromatic heterocycles. The molecule has 0 spiro atoms. The van der Waals surface area contributed by atoms with Crippen LogP contribution in [0.1, 0.15) is 66.7 Å². The van der Waals surface area contributed by atoms with Gasteiger partial charge in [-0.1, -0.05) is 34.6 Å². The second-order valence-electron chi connectivity index (χ2n) is 6.53. The van der Waals surface area contributed by atoms with Gasteiger partial charge in [0.05, 0.1) is 0 Å². The van der Waals surface area contributed by atoms with Crippen LogP contribution in [0.15, 0.2) is 0 Å². The Morgan fingerprint density at radius 2 is 1.63 bits per heavy atom. The number of hydrogen-bond acceptors (Lipinski definition) is 2. The van der Waals surface area contributed by atoms with E-state index in [1.54, 1.807) is 0 Å². The zero-order valence-corrected chi connectivity index (χ0v) is 13.3. The molecule has 0 heterocycles. The summed E-state index contributed by atoms with van der Waals surface area (Å²) in [6, 6.07) is 0.172. The zero-order chi connectivity index (χ0) is 14.6. The molecule has 0 aromatic carbocycles. The van der Waals surface area contributed by atoms with Crippen LogP contribution in [0.2, 0.25) is 0 Å². The maximum Gasteiger partial charge on any atom is 0.223 e. The van der Waals surface area contributed by atoms with Crippen LogP contribution >= 0.6 is 0 Å². The first-order valence-corrected chi connectivity index (χ1v) is 7.96. The number of carbonyl (C=O) groups is 1. The van der Waals surface area contributed by atoms with Crippen molar-refractivity contribution in [3.8, 4) is 0 Å². The molecule has 1 aliphatic rings. The zero-order valence-electron chi connectivity index (χ0n) is 13.3. The Kier molecular flexibility index (Phi) is 5.84. The number of carbonyl (C=O) groups excluding carboxylic acids is 1. The predicted molar refractivity (Wildman–Crippen MR) is 80.8 cm³/mol. The first kappa shape index (κ1) is 16.5. The molecule has 1 aliphatic carbocycles. The second kappa shape index (κ2) is 6.74. The molecule has 19 heavy (non-hydrogen) atoms. The van der Waals surface area contributed by atoms with E-state index in [0.717, 1.165) is 32.1 Å². The Morgan fingerprint density at radius 1 is 1.11 bits per heavy atom. The lowest BCUT2D eigenvalue weighted by Gasteiger charge is -2.39. The van der Waals surface area contributed by atoms with Gasteiger partial charge in [0, 0.05) is 17.5 Å². The van der Waals surface area contributed by atoms with Crippen LogP contribution in [0.3, 0.4) is 0 Å². The molecule has 1 rings (SSSR count). The van der Waals surface area contributed by atoms with E-state index in [9.17, 15) is 4.79 Å². The third kappa shape index (κ3) is 3.71. The lowest BCUT2D eigenvalue weighted by molar-refractivity contribution is -0.130. The van der Waals surface area contributed by atoms with Crippen molar-refractivity contribution < 1.29 is 4.79 Å². The maximum atomic E-state index is 12.6. The second-order valence-corrected chi connectivity index (χ2v) is 6.53. The van der Waals surface area contributed by atoms with E-state index in [4.69, 9.17) is 5.73 Å². The third-order valence-electron chi connectivity index (χ3n) is 5.44. The van der Waals surface area contributed by atoms with Gasteiger partial charge >= 0.3 is 0 Å². The standard InChI is InChI=1S/C16H32N2O/c1-6-16(7-2,8-3)18-15(19)13-10-14(17)12(5)9-11(13)4/h11-14H,6-10,17H2,1-5H3,(H,18,19). The highest BCUT2D eigenvalue weighted by Crippen LogP contribution is 2.33. The van der Waals surface area contributed by atoms with Crippen LogP contribution in [0, 0.1) is 17.8 Å². The summed E-state index contributed by atoms with van der Waals surface area (Å²) in [6.07, 6.45) is 4.89. The summed E-state index contributed by atoms with van der Waals surface area (Å²) in [5.41, 5.74) is 6.13. The van der Waals surface area contributed by atoms with Crippen molar-refractivity contribution in [2.45, 2.75) is 78.3 Å². The van der Waals surface area contributed by atoms with Crippen LogP contribution in [0.5, 0.6) is 0 Å². The predicted octanol–water partition coefficient (Wildman–Crippen LogP) is 3.08. The monoisotopic (exact) mass is 268 g/mol. The number of nitrogens with two attached hydrogens (primary N) is 1. The molecule has 1 amide bonds. The van der Waals surface area contributed by atoms with E-state index < -0.39 is 0 Å². The van der Waals surface area contributed by atoms with Crippen LogP contribution in [0.4, 0.5) is 0 Å². The summed E-state index contributed by atoms with van der Waals surface area (Å²) >= 11 is 0. The molecule has 4 unspecified atom stereocenters. The molecular formula is C16H32N2O. The molecule has 0 aromatic rings. The van der Waals surface area contributed by atoms with Gasteiger partial charge in [-0.25, -0.2) is 0 Å². The number of amides is 1. The topological polar surface area (TPSA) is 55.1 Å². The van der Waals surface area contributed by atoms with Gasteiger partial charge in [-0.2, -0.15) is 0 Å². The molecule has 1 fully saturated rings. The highest BCUT2D eigenvalue weighted by Gasteiger charge is 2.37. The van der Waals surface area contributed by atoms with Gasteiger partial charge in [-0.05, 0) is 43.9 Å². The van der Waals surface area contributed by atoms with Crippen molar-refractivity contribution in [1.82, 2.24) is 5.32 Å². The summed E-state index contributed by atoms with van der Waals surface area (Å²) in [4.78, 5) is 12.6. The summed E-state index contributed by atoms with van der Waals surface area (Å²) in [5, 5.41) is 3.32. The van der Waals surface area contributed by atoms with Crippen molar-refractivity contribution in [2.75, 3.05) is 0 Å². The van der Waals surface area contributed by atoms with Crippen molar-refractivity contribution in [3.05, 3.63) is 0 Å². The van der Waals surface area contributed by atoms with Gasteiger partial charge in [0.2, 0.25) is 5.91 Å². The van der Waals surface area contributed by atoms with Crippen molar-refractivity contribution >= 4 is 5.91 Å². The molecular weight excluding hydrogens is 236 g/mol. The fraction of sp³-hybridized carbons (Fsp3) is 0.938. The molecule has 3 N–H and O–H groups in total. The number of rotatable bonds is 5. The summed E-state index contributed by atoms with van der Waals surface area (Å²) in [5.74, 6) is 1.29. The van der Waals surface area contributed by atoms with E-state index in [2.05, 4.69) is 39.9 Å². The quantitative estimate of drug-likeness (QED) is 0.805. The van der Waals surface area contributed by atoms with E-state index >= 15 is 0 Å². The Labute approximate surface area is 118 Å². The molecule has 112 valence electrons. The van der Waals surface area contributed by atoms with Gasteiger partial charge in [0.1, 0.15) is 0 Å². The van der Waals surface area contributed by atoms with Gasteiger partial charge in [-0.15, -0.1) is 0 Å². The molecule has 0 saturated heterocycles. The average Bonchev–Trinajstić information content (AvgIpc) is 2.40. The highest BCUT2D eigenvalue weighted by atomic mass is 16.2. The average molecular weight is 268 g/mol. The largest absolute Gasteiger partial charge is 0.350 e. The van der Waals surface area contributed by atoms with Crippen LogP contribution in [0.25, 0.3) is 0 Å². The van der Waals surface area contributed by atoms with Crippen molar-refractivity contribution in [1.29, 1.82) is 0 Å². The fourth-order valence-corrected chi connectivity index (χ4v) is 3.42. The summed E-state index contributed by atoms with van der Waals surface area (Å²) in [7, 11) is 0. The lowest BCUT2D eigenvalue weighted by Crippen LogP contribution is -2.52. The van der Waals surface area contributed by atoms with Gasteiger partial charge < -0.3 is 11.1 Å². The summed E-state index contributed by atoms with van der Waals surface area (Å²) in [6.45, 7) is 10.9. The summed E-state index contributed by atoms with van der Waals surface area (Å²) < 4.78 is 0. The van der Waals surface area contributed by atoms with Gasteiger partial charge in [0.15, 0.2) is 0 Å². The Balaban J connectivity index is 2.72. The molecule has 0 radical (unpaired) electrons. The van der Waals surface area contributed by atoms with Gasteiger partial charge in [-0.3, -0.25) is 4.79 Å². The van der Waals surface area contributed by atoms with E-state index in [-0.39, 0.29) is 23.4 Å². The number of nitrogens with one attached hydrogen (secondary N) is 1. The molecule has 1 saturated carbocycles. The minimum atomic E-state index is -0.0238. The minimum Gasteiger partial charge on any atom is -0.350 e. The van der Waals surface area contributed by atoms with Crippen LogP contribution < -0.4 is 11.1 Å². The number of hydrogen-bond donors (Lipinski definition) is 2. The van der Waals surface area contributed by atoms with E-state index in [1.165, 1.54) is 0 Å². The molecule has 4 atom stereocenters. The Hall–Kier alpha value is -0.570. The van der Waals surface area contributed by atoms with Crippen LogP contribution in [-0.2, 0) is 4.79 Å². The van der Waals surface area contributed by atoms with Gasteiger partial charge in [0.25, 0.3) is 0 Å². The SMILES string of the molecule is CCC(CC)(CC)NC(=O)C1CC(N)C(C)CC1C. The lowest BCUT2D eigenvalue weighted by atomic mass is 9.72. The molecule has 0 bridgehead atoms. The normalized spacial score (nSPS) is 32.1. The Morgan fingerprint density at radius 3 is 2.11 bits per heavy atom. The van der Waals surface area contributed by atoms with E-state index in [0.29, 0.717) is 11.8 Å². The first-order chi connectivity index (χ1) is 8.89. The van der Waals surface area contributed by atoms with E-state index in [1.807, 2.05) is 0 Å². The maximum absolute atomic E-state index is 12.6. The minimum absolute atomic E-state index is 0.0238. The molecule has 0 aliphatic heterocycles. The molecule has 3 nitrogen and oxygen atoms in total. The highest BCUT2D eigenvalue weighted by molar-refractivity contribution is 5.80.